The van der Waals surface area contributed by atoms with Crippen molar-refractivity contribution in [3.63, 3.8) is 0 Å². The van der Waals surface area contributed by atoms with Crippen LogP contribution in [0.2, 0.25) is 0 Å². The Morgan fingerprint density at radius 3 is 2.67 bits per heavy atom. The molecule has 3 atom stereocenters. The highest BCUT2D eigenvalue weighted by atomic mass is 32.2. The maximum absolute atomic E-state index is 11.1. The molecule has 1 N–H and O–H groups in total. The molecule has 0 spiro atoms. The smallest absolute Gasteiger partial charge is 0.307 e. The van der Waals surface area contributed by atoms with Crippen molar-refractivity contribution in [2.45, 2.75) is 45.3 Å². The van der Waals surface area contributed by atoms with Crippen LogP contribution in [0, 0.1) is 17.8 Å². The van der Waals surface area contributed by atoms with E-state index in [1.165, 1.54) is 0 Å². The van der Waals surface area contributed by atoms with E-state index in [1.807, 2.05) is 11.8 Å². The lowest BCUT2D eigenvalue weighted by Gasteiger charge is -2.32. The molecule has 0 bridgehead atoms. The molecule has 1 aliphatic carbocycles. The van der Waals surface area contributed by atoms with Crippen molar-refractivity contribution in [2.75, 3.05) is 5.75 Å². The Balaban J connectivity index is 2.50. The third kappa shape index (κ3) is 4.06. The van der Waals surface area contributed by atoms with Gasteiger partial charge in [-0.3, -0.25) is 4.79 Å². The van der Waals surface area contributed by atoms with E-state index in [-0.39, 0.29) is 5.92 Å². The Labute approximate surface area is 96.8 Å². The number of thioether (sulfide) groups is 1. The minimum Gasteiger partial charge on any atom is -0.481 e. The summed E-state index contributed by atoms with van der Waals surface area (Å²) < 4.78 is 0. The molecule has 0 aromatic rings. The zero-order valence-electron chi connectivity index (χ0n) is 9.90. The second-order valence-electron chi connectivity index (χ2n) is 5.13. The van der Waals surface area contributed by atoms with E-state index in [9.17, 15) is 4.79 Å². The van der Waals surface area contributed by atoms with E-state index in [2.05, 4.69) is 20.8 Å². The van der Waals surface area contributed by atoms with Crippen molar-refractivity contribution in [1.82, 2.24) is 0 Å². The molecule has 3 unspecified atom stereocenters. The normalized spacial score (nSPS) is 31.9. The van der Waals surface area contributed by atoms with E-state index in [0.29, 0.717) is 17.1 Å². The molecule has 0 amide bonds. The van der Waals surface area contributed by atoms with Crippen LogP contribution in [-0.4, -0.2) is 22.1 Å². The number of hydrogen-bond acceptors (Lipinski definition) is 2. The van der Waals surface area contributed by atoms with Crippen LogP contribution in [-0.2, 0) is 4.79 Å². The van der Waals surface area contributed by atoms with Crippen LogP contribution in [0.4, 0.5) is 0 Å². The van der Waals surface area contributed by atoms with Gasteiger partial charge in [0.15, 0.2) is 0 Å². The van der Waals surface area contributed by atoms with Crippen molar-refractivity contribution in [3.05, 3.63) is 0 Å². The summed E-state index contributed by atoms with van der Waals surface area (Å²) in [6.45, 7) is 6.62. The monoisotopic (exact) mass is 230 g/mol. The summed E-state index contributed by atoms with van der Waals surface area (Å²) in [7, 11) is 0. The maximum Gasteiger partial charge on any atom is 0.307 e. The van der Waals surface area contributed by atoms with Crippen molar-refractivity contribution < 1.29 is 9.90 Å². The van der Waals surface area contributed by atoms with E-state index < -0.39 is 5.97 Å². The highest BCUT2D eigenvalue weighted by molar-refractivity contribution is 7.99. The molecule has 0 aliphatic heterocycles. The largest absolute Gasteiger partial charge is 0.481 e. The molecule has 0 aromatic carbocycles. The average molecular weight is 230 g/mol. The first-order chi connectivity index (χ1) is 7.00. The van der Waals surface area contributed by atoms with E-state index in [0.717, 1.165) is 25.0 Å². The van der Waals surface area contributed by atoms with Crippen molar-refractivity contribution in [3.8, 4) is 0 Å². The second kappa shape index (κ2) is 5.78. The van der Waals surface area contributed by atoms with Crippen LogP contribution in [0.15, 0.2) is 0 Å². The van der Waals surface area contributed by atoms with Gasteiger partial charge in [0.2, 0.25) is 0 Å². The summed E-state index contributed by atoms with van der Waals surface area (Å²) in [4.78, 5) is 11.1. The van der Waals surface area contributed by atoms with Crippen LogP contribution >= 0.6 is 11.8 Å². The minimum atomic E-state index is -0.594. The number of hydrogen-bond donors (Lipinski definition) is 1. The Bertz CT molecular complexity index is 216. The molecular weight excluding hydrogens is 208 g/mol. The van der Waals surface area contributed by atoms with Gasteiger partial charge in [0.25, 0.3) is 0 Å². The standard InChI is InChI=1S/C12H22O2S/c1-8(2)7-15-11-6-9(3)4-5-10(11)12(13)14/h8-11H,4-7H2,1-3H3,(H,13,14). The SMILES string of the molecule is CC(C)CSC1CC(C)CCC1C(=O)O. The van der Waals surface area contributed by atoms with Crippen LogP contribution in [0.5, 0.6) is 0 Å². The first-order valence-electron chi connectivity index (χ1n) is 5.85. The highest BCUT2D eigenvalue weighted by Crippen LogP contribution is 2.37. The third-order valence-corrected chi connectivity index (χ3v) is 4.82. The summed E-state index contributed by atoms with van der Waals surface area (Å²) in [5.41, 5.74) is 0. The lowest BCUT2D eigenvalue weighted by Crippen LogP contribution is -2.32. The van der Waals surface area contributed by atoms with Gasteiger partial charge in [-0.1, -0.05) is 20.8 Å². The van der Waals surface area contributed by atoms with E-state index in [1.54, 1.807) is 0 Å². The van der Waals surface area contributed by atoms with Gasteiger partial charge in [0.05, 0.1) is 5.92 Å². The topological polar surface area (TPSA) is 37.3 Å². The predicted octanol–water partition coefficient (Wildman–Crippen LogP) is 3.27. The maximum atomic E-state index is 11.1. The molecular formula is C12H22O2S. The fourth-order valence-electron chi connectivity index (χ4n) is 2.11. The van der Waals surface area contributed by atoms with Crippen LogP contribution in [0.25, 0.3) is 0 Å². The van der Waals surface area contributed by atoms with Crippen molar-refractivity contribution in [2.24, 2.45) is 17.8 Å². The van der Waals surface area contributed by atoms with Crippen LogP contribution in [0.1, 0.15) is 40.0 Å². The second-order valence-corrected chi connectivity index (χ2v) is 6.40. The Morgan fingerprint density at radius 2 is 2.13 bits per heavy atom. The molecule has 1 aliphatic rings. The summed E-state index contributed by atoms with van der Waals surface area (Å²) in [6, 6.07) is 0. The molecule has 1 rings (SSSR count). The fraction of sp³-hybridized carbons (Fsp3) is 0.917. The molecule has 2 nitrogen and oxygen atoms in total. The zero-order valence-corrected chi connectivity index (χ0v) is 10.7. The average Bonchev–Trinajstić information content (AvgIpc) is 2.14. The summed E-state index contributed by atoms with van der Waals surface area (Å²) in [5.74, 6) is 1.74. The van der Waals surface area contributed by atoms with Crippen LogP contribution in [0.3, 0.4) is 0 Å². The Morgan fingerprint density at radius 1 is 1.47 bits per heavy atom. The lowest BCUT2D eigenvalue weighted by atomic mass is 9.82. The number of carboxylic acid groups (broad SMARTS) is 1. The fourth-order valence-corrected chi connectivity index (χ4v) is 3.69. The van der Waals surface area contributed by atoms with Crippen molar-refractivity contribution in [1.29, 1.82) is 0 Å². The van der Waals surface area contributed by atoms with Gasteiger partial charge >= 0.3 is 5.97 Å². The van der Waals surface area contributed by atoms with Gasteiger partial charge in [0, 0.05) is 5.25 Å². The molecule has 1 fully saturated rings. The molecule has 88 valence electrons. The van der Waals surface area contributed by atoms with Gasteiger partial charge in [-0.2, -0.15) is 11.8 Å². The van der Waals surface area contributed by atoms with Gasteiger partial charge in [0.1, 0.15) is 0 Å². The molecule has 1 saturated carbocycles. The van der Waals surface area contributed by atoms with E-state index >= 15 is 0 Å². The number of carbonyl (C=O) groups is 1. The third-order valence-electron chi connectivity index (χ3n) is 3.01. The first-order valence-corrected chi connectivity index (χ1v) is 6.90. The molecule has 0 radical (unpaired) electrons. The Kier molecular flexibility index (Phi) is 4.97. The highest BCUT2D eigenvalue weighted by Gasteiger charge is 2.33. The molecule has 0 aromatic heterocycles. The Hall–Kier alpha value is -0.180. The molecule has 3 heteroatoms. The molecule has 0 saturated heterocycles. The quantitative estimate of drug-likeness (QED) is 0.805. The van der Waals surface area contributed by atoms with Crippen LogP contribution < -0.4 is 0 Å². The minimum absolute atomic E-state index is 0.107. The lowest BCUT2D eigenvalue weighted by molar-refractivity contribution is -0.142. The van der Waals surface area contributed by atoms with Crippen molar-refractivity contribution >= 4 is 17.7 Å². The van der Waals surface area contributed by atoms with Gasteiger partial charge in [-0.05, 0) is 36.9 Å². The molecule has 0 heterocycles. The predicted molar refractivity (Wildman–Crippen MR) is 65.2 cm³/mol. The summed E-state index contributed by atoms with van der Waals surface area (Å²) >= 11 is 1.86. The van der Waals surface area contributed by atoms with Gasteiger partial charge < -0.3 is 5.11 Å². The number of rotatable bonds is 4. The molecule has 15 heavy (non-hydrogen) atoms. The summed E-state index contributed by atoms with van der Waals surface area (Å²) in [5, 5.41) is 9.49. The first kappa shape index (κ1) is 12.9. The van der Waals surface area contributed by atoms with Gasteiger partial charge in [-0.25, -0.2) is 0 Å². The number of carboxylic acids is 1. The zero-order chi connectivity index (χ0) is 11.4. The number of aliphatic carboxylic acids is 1. The van der Waals surface area contributed by atoms with Gasteiger partial charge in [-0.15, -0.1) is 0 Å². The van der Waals surface area contributed by atoms with E-state index in [4.69, 9.17) is 5.11 Å². The summed E-state index contributed by atoms with van der Waals surface area (Å²) in [6.07, 6.45) is 3.02.